The number of thiocarbonyl (C=S) groups is 1. The van der Waals surface area contributed by atoms with Crippen molar-refractivity contribution in [2.45, 2.75) is 12.8 Å². The van der Waals surface area contributed by atoms with Crippen LogP contribution in [0.25, 0.3) is 0 Å². The highest BCUT2D eigenvalue weighted by molar-refractivity contribution is 7.80. The van der Waals surface area contributed by atoms with Crippen molar-refractivity contribution < 1.29 is 14.0 Å². The van der Waals surface area contributed by atoms with Gasteiger partial charge in [-0.25, -0.2) is 4.39 Å². The highest BCUT2D eigenvalue weighted by Crippen LogP contribution is 2.24. The molecule has 1 aromatic rings. The van der Waals surface area contributed by atoms with Crippen molar-refractivity contribution in [1.82, 2.24) is 0 Å². The van der Waals surface area contributed by atoms with E-state index in [1.807, 2.05) is 0 Å². The van der Waals surface area contributed by atoms with Gasteiger partial charge in [-0.1, -0.05) is 12.2 Å². The van der Waals surface area contributed by atoms with Crippen molar-refractivity contribution in [3.63, 3.8) is 0 Å². The minimum Gasteiger partial charge on any atom is -0.389 e. The van der Waals surface area contributed by atoms with Crippen LogP contribution in [-0.4, -0.2) is 16.8 Å². The van der Waals surface area contributed by atoms with E-state index >= 15 is 0 Å². The summed E-state index contributed by atoms with van der Waals surface area (Å²) in [7, 11) is 0. The maximum absolute atomic E-state index is 13.3. The first-order chi connectivity index (χ1) is 8.00. The summed E-state index contributed by atoms with van der Waals surface area (Å²) >= 11 is 4.69. The lowest BCUT2D eigenvalue weighted by molar-refractivity contribution is -0.121. The Hall–Kier alpha value is -1.82. The number of halogens is 1. The predicted octanol–water partition coefficient (Wildman–Crippen LogP) is 1.11. The van der Waals surface area contributed by atoms with E-state index in [2.05, 4.69) is 0 Å². The molecule has 6 heteroatoms. The number of nitrogens with zero attached hydrogens (tertiary/aromatic N) is 1. The fourth-order valence-electron chi connectivity index (χ4n) is 1.71. The van der Waals surface area contributed by atoms with E-state index in [0.29, 0.717) is 5.69 Å². The van der Waals surface area contributed by atoms with E-state index in [-0.39, 0.29) is 35.2 Å². The Kier molecular flexibility index (Phi) is 2.89. The van der Waals surface area contributed by atoms with E-state index in [9.17, 15) is 14.0 Å². The third-order valence-electron chi connectivity index (χ3n) is 2.53. The lowest BCUT2D eigenvalue weighted by Crippen LogP contribution is -2.29. The van der Waals surface area contributed by atoms with Gasteiger partial charge in [0.2, 0.25) is 11.8 Å². The van der Waals surface area contributed by atoms with Crippen molar-refractivity contribution in [3.05, 3.63) is 29.6 Å². The average molecular weight is 252 g/mol. The van der Waals surface area contributed by atoms with Crippen LogP contribution in [0.5, 0.6) is 0 Å². The molecule has 0 spiro atoms. The van der Waals surface area contributed by atoms with Crippen LogP contribution in [0.2, 0.25) is 0 Å². The number of rotatable bonds is 2. The molecule has 0 aromatic heterocycles. The van der Waals surface area contributed by atoms with E-state index < -0.39 is 5.82 Å². The van der Waals surface area contributed by atoms with Crippen molar-refractivity contribution >= 4 is 34.7 Å². The molecule has 1 aliphatic heterocycles. The van der Waals surface area contributed by atoms with Crippen LogP contribution >= 0.6 is 12.2 Å². The van der Waals surface area contributed by atoms with Gasteiger partial charge in [0.25, 0.3) is 0 Å². The standard InChI is InChI=1S/C11H9FN2O2S/c12-8-2-1-6(5-7(8)11(13)17)14-9(15)3-4-10(14)16/h1-2,5H,3-4H2,(H2,13,17). The van der Waals surface area contributed by atoms with Gasteiger partial charge in [0, 0.05) is 18.4 Å². The summed E-state index contributed by atoms with van der Waals surface area (Å²) in [6.07, 6.45) is 0.358. The molecule has 0 saturated carbocycles. The smallest absolute Gasteiger partial charge is 0.234 e. The summed E-state index contributed by atoms with van der Waals surface area (Å²) in [5.41, 5.74) is 5.69. The monoisotopic (exact) mass is 252 g/mol. The number of benzene rings is 1. The number of hydrogen-bond donors (Lipinski definition) is 1. The van der Waals surface area contributed by atoms with Gasteiger partial charge in [-0.2, -0.15) is 0 Å². The highest BCUT2D eigenvalue weighted by atomic mass is 32.1. The van der Waals surface area contributed by atoms with Crippen LogP contribution in [0.4, 0.5) is 10.1 Å². The fraction of sp³-hybridized carbons (Fsp3) is 0.182. The molecule has 1 fully saturated rings. The first-order valence-electron chi connectivity index (χ1n) is 4.96. The molecule has 1 aromatic carbocycles. The Morgan fingerprint density at radius 2 is 1.88 bits per heavy atom. The summed E-state index contributed by atoms with van der Waals surface area (Å²) in [6, 6.07) is 3.82. The predicted molar refractivity (Wildman–Crippen MR) is 64.0 cm³/mol. The summed E-state index contributed by atoms with van der Waals surface area (Å²) in [5.74, 6) is -1.16. The molecule has 2 amide bonds. The molecule has 0 atom stereocenters. The molecular formula is C11H9FN2O2S. The van der Waals surface area contributed by atoms with Gasteiger partial charge in [-0.3, -0.25) is 14.5 Å². The van der Waals surface area contributed by atoms with Crippen LogP contribution < -0.4 is 10.6 Å². The number of anilines is 1. The highest BCUT2D eigenvalue weighted by Gasteiger charge is 2.30. The Balaban J connectivity index is 2.46. The first kappa shape index (κ1) is 11.7. The maximum atomic E-state index is 13.3. The van der Waals surface area contributed by atoms with Gasteiger partial charge in [0.1, 0.15) is 10.8 Å². The summed E-state index contributed by atoms with van der Waals surface area (Å²) in [5, 5.41) is 0. The molecule has 88 valence electrons. The normalized spacial score (nSPS) is 15.5. The number of imide groups is 1. The van der Waals surface area contributed by atoms with Gasteiger partial charge < -0.3 is 5.73 Å². The molecule has 0 radical (unpaired) electrons. The van der Waals surface area contributed by atoms with Crippen LogP contribution in [0.3, 0.4) is 0 Å². The van der Waals surface area contributed by atoms with Crippen LogP contribution in [0, 0.1) is 5.82 Å². The van der Waals surface area contributed by atoms with E-state index in [4.69, 9.17) is 18.0 Å². The Morgan fingerprint density at radius 1 is 1.29 bits per heavy atom. The van der Waals surface area contributed by atoms with Crippen molar-refractivity contribution in [2.75, 3.05) is 4.90 Å². The molecule has 1 saturated heterocycles. The molecule has 0 bridgehead atoms. The second-order valence-corrected chi connectivity index (χ2v) is 4.09. The molecule has 2 rings (SSSR count). The number of carbonyl (C=O) groups excluding carboxylic acids is 2. The molecule has 1 aliphatic rings. The van der Waals surface area contributed by atoms with Crippen molar-refractivity contribution in [2.24, 2.45) is 5.73 Å². The number of hydrogen-bond acceptors (Lipinski definition) is 3. The van der Waals surface area contributed by atoms with E-state index in [1.165, 1.54) is 12.1 Å². The first-order valence-corrected chi connectivity index (χ1v) is 5.36. The third kappa shape index (κ3) is 2.03. The Bertz CT molecular complexity index is 514. The van der Waals surface area contributed by atoms with E-state index in [1.54, 1.807) is 0 Å². The lowest BCUT2D eigenvalue weighted by atomic mass is 10.1. The molecular weight excluding hydrogens is 243 g/mol. The number of amides is 2. The average Bonchev–Trinajstić information content (AvgIpc) is 2.59. The SMILES string of the molecule is NC(=S)c1cc(N2C(=O)CCC2=O)ccc1F. The Morgan fingerprint density at radius 3 is 2.41 bits per heavy atom. The number of carbonyl (C=O) groups is 2. The second kappa shape index (κ2) is 4.21. The molecule has 1 heterocycles. The largest absolute Gasteiger partial charge is 0.389 e. The molecule has 4 nitrogen and oxygen atoms in total. The van der Waals surface area contributed by atoms with Crippen molar-refractivity contribution in [1.29, 1.82) is 0 Å². The summed E-state index contributed by atoms with van der Waals surface area (Å²) in [6.45, 7) is 0. The molecule has 0 unspecified atom stereocenters. The van der Waals surface area contributed by atoms with Gasteiger partial charge in [0.15, 0.2) is 0 Å². The minimum atomic E-state index is -0.569. The van der Waals surface area contributed by atoms with E-state index in [0.717, 1.165) is 11.0 Å². The molecule has 2 N–H and O–H groups in total. The zero-order chi connectivity index (χ0) is 12.6. The van der Waals surface area contributed by atoms with Crippen LogP contribution in [-0.2, 0) is 9.59 Å². The van der Waals surface area contributed by atoms with Crippen LogP contribution in [0.1, 0.15) is 18.4 Å². The fourth-order valence-corrected chi connectivity index (χ4v) is 1.86. The zero-order valence-corrected chi connectivity index (χ0v) is 9.59. The summed E-state index contributed by atoms with van der Waals surface area (Å²) < 4.78 is 13.3. The van der Waals surface area contributed by atoms with Gasteiger partial charge in [-0.15, -0.1) is 0 Å². The molecule has 17 heavy (non-hydrogen) atoms. The molecule has 0 aliphatic carbocycles. The number of nitrogens with two attached hydrogens (primary N) is 1. The van der Waals surface area contributed by atoms with Gasteiger partial charge in [-0.05, 0) is 18.2 Å². The quantitative estimate of drug-likeness (QED) is 0.632. The minimum absolute atomic E-state index is 0.0324. The maximum Gasteiger partial charge on any atom is 0.234 e. The topological polar surface area (TPSA) is 63.4 Å². The van der Waals surface area contributed by atoms with Gasteiger partial charge >= 0.3 is 0 Å². The van der Waals surface area contributed by atoms with Gasteiger partial charge in [0.05, 0.1) is 5.69 Å². The van der Waals surface area contributed by atoms with Crippen LogP contribution in [0.15, 0.2) is 18.2 Å². The van der Waals surface area contributed by atoms with Crippen molar-refractivity contribution in [3.8, 4) is 0 Å². The lowest BCUT2D eigenvalue weighted by Gasteiger charge is -2.14. The summed E-state index contributed by atoms with van der Waals surface area (Å²) in [4.78, 5) is 23.9. The zero-order valence-electron chi connectivity index (χ0n) is 8.77. The second-order valence-electron chi connectivity index (χ2n) is 3.65. The third-order valence-corrected chi connectivity index (χ3v) is 2.75. The Labute approximate surface area is 102 Å².